The summed E-state index contributed by atoms with van der Waals surface area (Å²) in [5, 5.41) is 0. The van der Waals surface area contributed by atoms with Crippen molar-refractivity contribution in [3.63, 3.8) is 0 Å². The van der Waals surface area contributed by atoms with E-state index in [1.807, 2.05) is 20.8 Å². The molecule has 0 atom stereocenters. The van der Waals surface area contributed by atoms with Gasteiger partial charge in [0.25, 0.3) is 0 Å². The standard InChI is InChI=1S/C16H37NO5Si2.C11H27NO5Si2/c1-6-18-23(19-7-2)15-11-13-17(23)14-12-16-24(20-8-3,21-9-4)22-10-5;1-13-18(14-2)10-6-8-12(18)9-7-11-19(15-3,16-4)17-5/h6-16H2,1-5H3;6-11H2,1-5H3. The van der Waals surface area contributed by atoms with E-state index in [0.717, 1.165) is 89.3 Å². The first-order valence-electron chi connectivity index (χ1n) is 16.2. The lowest BCUT2D eigenvalue weighted by Crippen LogP contribution is -2.55. The summed E-state index contributed by atoms with van der Waals surface area (Å²) in [5.74, 6) is 0. The topological polar surface area (TPSA) is 98.8 Å². The lowest BCUT2D eigenvalue weighted by atomic mass is 10.4. The Balaban J connectivity index is 0.000000442. The molecule has 0 spiro atoms. The van der Waals surface area contributed by atoms with Crippen molar-refractivity contribution in [2.75, 3.05) is 94.8 Å². The SMILES string of the molecule is CCO[Si](CCCN1CCC[Si]1(OCC)OCC)(OCC)OCC.CO[Si](CCCN1CCC[Si]1(OC)OC)(OC)OC. The van der Waals surface area contributed by atoms with Gasteiger partial charge in [-0.3, -0.25) is 9.13 Å². The Morgan fingerprint density at radius 3 is 1.30 bits per heavy atom. The summed E-state index contributed by atoms with van der Waals surface area (Å²) < 4.78 is 62.6. The summed E-state index contributed by atoms with van der Waals surface area (Å²) in [6.07, 6.45) is 4.26. The van der Waals surface area contributed by atoms with Crippen molar-refractivity contribution in [1.82, 2.24) is 9.13 Å². The van der Waals surface area contributed by atoms with Crippen LogP contribution in [-0.4, -0.2) is 139 Å². The highest BCUT2D eigenvalue weighted by molar-refractivity contribution is 6.65. The molecule has 2 aliphatic rings. The van der Waals surface area contributed by atoms with Gasteiger partial charge in [-0.05, 0) is 86.5 Å². The minimum Gasteiger partial charge on any atom is -0.386 e. The molecule has 0 radical (unpaired) electrons. The quantitative estimate of drug-likeness (QED) is 0.143. The number of nitrogens with zero attached hydrogens (tertiary/aromatic N) is 2. The summed E-state index contributed by atoms with van der Waals surface area (Å²) in [7, 11) is -0.824. The van der Waals surface area contributed by atoms with Crippen molar-refractivity contribution in [1.29, 1.82) is 0 Å². The fraction of sp³-hybridized carbons (Fsp3) is 1.00. The van der Waals surface area contributed by atoms with Gasteiger partial charge in [-0.15, -0.1) is 0 Å². The average molecular weight is 689 g/mol. The molecule has 43 heavy (non-hydrogen) atoms. The van der Waals surface area contributed by atoms with Crippen LogP contribution in [0.1, 0.15) is 60.3 Å². The first-order valence-corrected chi connectivity index (χ1v) is 24.0. The number of rotatable bonds is 23. The van der Waals surface area contributed by atoms with E-state index in [1.54, 1.807) is 35.5 Å². The van der Waals surface area contributed by atoms with Gasteiger partial charge in [0.15, 0.2) is 0 Å². The third-order valence-corrected chi connectivity index (χ3v) is 21.6. The number of hydrogen-bond acceptors (Lipinski definition) is 12. The smallest absolute Gasteiger partial charge is 0.386 e. The maximum Gasteiger partial charge on any atom is 0.500 e. The van der Waals surface area contributed by atoms with Crippen LogP contribution in [0.4, 0.5) is 0 Å². The first-order chi connectivity index (χ1) is 20.7. The van der Waals surface area contributed by atoms with Gasteiger partial charge in [-0.1, -0.05) is 0 Å². The van der Waals surface area contributed by atoms with Gasteiger partial charge in [0, 0.05) is 92.8 Å². The molecule has 258 valence electrons. The molecule has 12 nitrogen and oxygen atoms in total. The highest BCUT2D eigenvalue weighted by atomic mass is 28.4. The Labute approximate surface area is 267 Å². The van der Waals surface area contributed by atoms with E-state index in [0.29, 0.717) is 19.8 Å². The van der Waals surface area contributed by atoms with Crippen LogP contribution < -0.4 is 0 Å². The Morgan fingerprint density at radius 2 is 0.930 bits per heavy atom. The highest BCUT2D eigenvalue weighted by Gasteiger charge is 2.49. The van der Waals surface area contributed by atoms with Gasteiger partial charge in [0.2, 0.25) is 0 Å². The molecule has 2 rings (SSSR count). The minimum atomic E-state index is -2.54. The summed E-state index contributed by atoms with van der Waals surface area (Å²) >= 11 is 0. The van der Waals surface area contributed by atoms with E-state index in [1.165, 1.54) is 0 Å². The van der Waals surface area contributed by atoms with E-state index < -0.39 is 35.1 Å². The molecule has 0 aromatic rings. The van der Waals surface area contributed by atoms with E-state index in [4.69, 9.17) is 44.3 Å². The zero-order chi connectivity index (χ0) is 32.2. The molecule has 0 unspecified atom stereocenters. The Hall–Kier alpha value is 0.388. The maximum absolute atomic E-state index is 6.13. The molecule has 2 fully saturated rings. The molecule has 0 aromatic heterocycles. The Morgan fingerprint density at radius 1 is 0.535 bits per heavy atom. The fourth-order valence-corrected chi connectivity index (χ4v) is 17.0. The summed E-state index contributed by atoms with van der Waals surface area (Å²) in [4.78, 5) is 0. The summed E-state index contributed by atoms with van der Waals surface area (Å²) in [6, 6.07) is 3.77. The van der Waals surface area contributed by atoms with E-state index in [-0.39, 0.29) is 0 Å². The third-order valence-electron chi connectivity index (χ3n) is 8.03. The predicted molar refractivity (Wildman–Crippen MR) is 177 cm³/mol. The molecule has 16 heteroatoms. The first kappa shape index (κ1) is 41.4. The second kappa shape index (κ2) is 22.0. The molecule has 0 bridgehead atoms. The van der Waals surface area contributed by atoms with Crippen LogP contribution in [-0.2, 0) is 44.3 Å². The highest BCUT2D eigenvalue weighted by Crippen LogP contribution is 2.30. The van der Waals surface area contributed by atoms with Crippen molar-refractivity contribution in [2.24, 2.45) is 0 Å². The Kier molecular flexibility index (Phi) is 21.2. The zero-order valence-corrected chi connectivity index (χ0v) is 33.0. The molecule has 2 heterocycles. The second-order valence-electron chi connectivity index (χ2n) is 10.4. The van der Waals surface area contributed by atoms with Crippen LogP contribution in [0.5, 0.6) is 0 Å². The minimum absolute atomic E-state index is 0.631. The van der Waals surface area contributed by atoms with Crippen LogP contribution >= 0.6 is 0 Å². The maximum atomic E-state index is 6.13. The van der Waals surface area contributed by atoms with Crippen molar-refractivity contribution in [3.05, 3.63) is 0 Å². The van der Waals surface area contributed by atoms with Crippen LogP contribution in [0.15, 0.2) is 0 Å². The normalized spacial score (nSPS) is 19.1. The van der Waals surface area contributed by atoms with Crippen molar-refractivity contribution >= 4 is 35.1 Å². The van der Waals surface area contributed by atoms with Gasteiger partial charge in [0.05, 0.1) is 0 Å². The van der Waals surface area contributed by atoms with Crippen molar-refractivity contribution < 1.29 is 44.3 Å². The van der Waals surface area contributed by atoms with Crippen LogP contribution in [0.3, 0.4) is 0 Å². The van der Waals surface area contributed by atoms with Crippen LogP contribution in [0.25, 0.3) is 0 Å². The fourth-order valence-electron chi connectivity index (χ4n) is 6.10. The summed E-state index contributed by atoms with van der Waals surface area (Å²) in [6.45, 7) is 17.5. The Bertz CT molecular complexity index is 679. The molecule has 0 saturated carbocycles. The monoisotopic (exact) mass is 688 g/mol. The molecule has 0 aliphatic carbocycles. The molecular weight excluding hydrogens is 625 g/mol. The van der Waals surface area contributed by atoms with Gasteiger partial charge in [-0.25, -0.2) is 0 Å². The van der Waals surface area contributed by atoms with E-state index >= 15 is 0 Å². The third kappa shape index (κ3) is 12.2. The zero-order valence-electron chi connectivity index (χ0n) is 29.0. The summed E-state index contributed by atoms with van der Waals surface area (Å²) in [5.41, 5.74) is 0. The largest absolute Gasteiger partial charge is 0.500 e. The molecule has 2 saturated heterocycles. The van der Waals surface area contributed by atoms with E-state index in [9.17, 15) is 0 Å². The molecule has 0 aromatic carbocycles. The van der Waals surface area contributed by atoms with Crippen molar-refractivity contribution in [2.45, 2.75) is 84.5 Å². The predicted octanol–water partition coefficient (Wildman–Crippen LogP) is 4.33. The van der Waals surface area contributed by atoms with Gasteiger partial charge in [-0.2, -0.15) is 0 Å². The lowest BCUT2D eigenvalue weighted by Gasteiger charge is -2.35. The van der Waals surface area contributed by atoms with Gasteiger partial charge < -0.3 is 44.3 Å². The lowest BCUT2D eigenvalue weighted by molar-refractivity contribution is 0.0696. The second-order valence-corrected chi connectivity index (χ2v) is 22.7. The number of hydrogen-bond donors (Lipinski definition) is 0. The van der Waals surface area contributed by atoms with Crippen LogP contribution in [0.2, 0.25) is 24.2 Å². The van der Waals surface area contributed by atoms with E-state index in [2.05, 4.69) is 23.0 Å². The molecule has 2 aliphatic heterocycles. The van der Waals surface area contributed by atoms with Gasteiger partial charge in [0.1, 0.15) is 0 Å². The molecule has 0 N–H and O–H groups in total. The molecular formula is C27H64N2O10Si4. The molecule has 0 amide bonds. The van der Waals surface area contributed by atoms with Crippen molar-refractivity contribution in [3.8, 4) is 0 Å². The van der Waals surface area contributed by atoms with Gasteiger partial charge >= 0.3 is 35.1 Å². The average Bonchev–Trinajstić information content (AvgIpc) is 3.60. The van der Waals surface area contributed by atoms with Crippen LogP contribution in [0, 0.1) is 0 Å².